The summed E-state index contributed by atoms with van der Waals surface area (Å²) in [5.74, 6) is 1.54. The van der Waals surface area contributed by atoms with Crippen LogP contribution in [0, 0.1) is 22.7 Å². The van der Waals surface area contributed by atoms with E-state index in [1.807, 2.05) is 0 Å². The van der Waals surface area contributed by atoms with E-state index < -0.39 is 0 Å². The van der Waals surface area contributed by atoms with Gasteiger partial charge < -0.3 is 5.11 Å². The Morgan fingerprint density at radius 1 is 1.25 bits per heavy atom. The van der Waals surface area contributed by atoms with E-state index >= 15 is 0 Å². The van der Waals surface area contributed by atoms with Crippen molar-refractivity contribution in [2.45, 2.75) is 46.6 Å². The summed E-state index contributed by atoms with van der Waals surface area (Å²) in [7, 11) is 0. The Hall–Kier alpha value is -0.0400. The second-order valence-electron chi connectivity index (χ2n) is 5.69. The predicted octanol–water partition coefficient (Wildman–Crippen LogP) is 2.44. The number of aliphatic hydroxyl groups excluding tert-OH is 1. The normalized spacial score (nSPS) is 49.5. The molecule has 2 fully saturated rings. The van der Waals surface area contributed by atoms with Gasteiger partial charge >= 0.3 is 0 Å². The molecule has 0 aliphatic heterocycles. The van der Waals surface area contributed by atoms with Crippen LogP contribution in [-0.4, -0.2) is 11.2 Å². The van der Waals surface area contributed by atoms with Crippen LogP contribution < -0.4 is 0 Å². The summed E-state index contributed by atoms with van der Waals surface area (Å²) >= 11 is 0. The highest BCUT2D eigenvalue weighted by Gasteiger charge is 2.69. The van der Waals surface area contributed by atoms with Gasteiger partial charge in [-0.15, -0.1) is 0 Å². The van der Waals surface area contributed by atoms with Crippen LogP contribution in [0.1, 0.15) is 40.5 Å². The van der Waals surface area contributed by atoms with Crippen LogP contribution in [0.4, 0.5) is 0 Å². The summed E-state index contributed by atoms with van der Waals surface area (Å²) in [4.78, 5) is 0. The maximum absolute atomic E-state index is 9.87. The van der Waals surface area contributed by atoms with Crippen molar-refractivity contribution >= 4 is 0 Å². The van der Waals surface area contributed by atoms with Crippen molar-refractivity contribution in [2.24, 2.45) is 22.7 Å². The quantitative estimate of drug-likeness (QED) is 0.637. The Kier molecular flexibility index (Phi) is 1.47. The van der Waals surface area contributed by atoms with Gasteiger partial charge in [0.15, 0.2) is 0 Å². The average molecular weight is 168 g/mol. The summed E-state index contributed by atoms with van der Waals surface area (Å²) in [6.45, 7) is 9.04. The first kappa shape index (κ1) is 8.55. The molecule has 1 N–H and O–H groups in total. The third-order valence-corrected chi connectivity index (χ3v) is 4.60. The zero-order valence-corrected chi connectivity index (χ0v) is 8.59. The third kappa shape index (κ3) is 0.783. The van der Waals surface area contributed by atoms with E-state index in [0.29, 0.717) is 5.41 Å². The summed E-state index contributed by atoms with van der Waals surface area (Å²) in [5.41, 5.74) is 0.702. The van der Waals surface area contributed by atoms with Gasteiger partial charge in [-0.3, -0.25) is 0 Å². The molecule has 0 bridgehead atoms. The fraction of sp³-hybridized carbons (Fsp3) is 1.00. The number of aliphatic hydroxyl groups is 1. The molecule has 0 aromatic heterocycles. The Balaban J connectivity index is 2.22. The molecule has 0 aromatic carbocycles. The number of hydrogen-bond donors (Lipinski definition) is 1. The highest BCUT2D eigenvalue weighted by molar-refractivity contribution is 5.18. The SMILES string of the molecule is CC(C)[C@@]12C[C@@H]1C(C)(C)[C@@H](O)C2. The molecule has 0 saturated heterocycles. The summed E-state index contributed by atoms with van der Waals surface area (Å²) < 4.78 is 0. The van der Waals surface area contributed by atoms with Gasteiger partial charge in [0.05, 0.1) is 6.10 Å². The fourth-order valence-electron chi connectivity index (χ4n) is 3.28. The van der Waals surface area contributed by atoms with Crippen molar-refractivity contribution in [1.29, 1.82) is 0 Å². The van der Waals surface area contributed by atoms with E-state index in [0.717, 1.165) is 18.3 Å². The first-order chi connectivity index (χ1) is 5.41. The first-order valence-electron chi connectivity index (χ1n) is 5.09. The lowest BCUT2D eigenvalue weighted by atomic mass is 9.85. The molecule has 3 atom stereocenters. The maximum Gasteiger partial charge on any atom is 0.0599 e. The fourth-order valence-corrected chi connectivity index (χ4v) is 3.28. The van der Waals surface area contributed by atoms with Crippen molar-refractivity contribution in [3.8, 4) is 0 Å². The van der Waals surface area contributed by atoms with Crippen molar-refractivity contribution in [2.75, 3.05) is 0 Å². The molecule has 70 valence electrons. The summed E-state index contributed by atoms with van der Waals surface area (Å²) in [5, 5.41) is 9.87. The molecule has 12 heavy (non-hydrogen) atoms. The monoisotopic (exact) mass is 168 g/mol. The predicted molar refractivity (Wildman–Crippen MR) is 49.8 cm³/mol. The molecule has 0 spiro atoms. The Bertz CT molecular complexity index is 207. The summed E-state index contributed by atoms with van der Waals surface area (Å²) in [6, 6.07) is 0. The lowest BCUT2D eigenvalue weighted by molar-refractivity contribution is 0.0545. The van der Waals surface area contributed by atoms with Gasteiger partial charge in [-0.05, 0) is 35.5 Å². The van der Waals surface area contributed by atoms with Crippen LogP contribution in [0.15, 0.2) is 0 Å². The maximum atomic E-state index is 9.87. The minimum Gasteiger partial charge on any atom is -0.393 e. The van der Waals surface area contributed by atoms with Gasteiger partial charge in [0.1, 0.15) is 0 Å². The second-order valence-corrected chi connectivity index (χ2v) is 5.69. The smallest absolute Gasteiger partial charge is 0.0599 e. The highest BCUT2D eigenvalue weighted by Crippen LogP contribution is 2.73. The van der Waals surface area contributed by atoms with E-state index in [2.05, 4.69) is 27.7 Å². The topological polar surface area (TPSA) is 20.2 Å². The molecule has 1 heteroatoms. The molecule has 0 unspecified atom stereocenters. The molecule has 0 heterocycles. The zero-order valence-electron chi connectivity index (χ0n) is 8.59. The van der Waals surface area contributed by atoms with Gasteiger partial charge in [-0.1, -0.05) is 27.7 Å². The van der Waals surface area contributed by atoms with Gasteiger partial charge in [0, 0.05) is 0 Å². The van der Waals surface area contributed by atoms with E-state index in [9.17, 15) is 5.11 Å². The molecule has 1 nitrogen and oxygen atoms in total. The molecule has 2 aliphatic carbocycles. The Morgan fingerprint density at radius 2 is 1.83 bits per heavy atom. The standard InChI is InChI=1S/C11H20O/c1-7(2)11-5-8(11)10(3,4)9(12)6-11/h7-9,12H,5-6H2,1-4H3/t8-,9+,11+/m1/s1. The van der Waals surface area contributed by atoms with E-state index in [1.54, 1.807) is 0 Å². The van der Waals surface area contributed by atoms with Crippen LogP contribution in [-0.2, 0) is 0 Å². The van der Waals surface area contributed by atoms with Crippen LogP contribution in [0.5, 0.6) is 0 Å². The molecule has 2 saturated carbocycles. The lowest BCUT2D eigenvalue weighted by Gasteiger charge is -2.25. The lowest BCUT2D eigenvalue weighted by Crippen LogP contribution is -2.26. The molecule has 0 aromatic rings. The zero-order chi connectivity index (χ0) is 9.15. The van der Waals surface area contributed by atoms with Crippen LogP contribution in [0.3, 0.4) is 0 Å². The molecular weight excluding hydrogens is 148 g/mol. The molecule has 0 radical (unpaired) electrons. The average Bonchev–Trinajstić information content (AvgIpc) is 2.59. The molecule has 0 amide bonds. The molecule has 2 rings (SSSR count). The first-order valence-corrected chi connectivity index (χ1v) is 5.09. The number of rotatable bonds is 1. The van der Waals surface area contributed by atoms with E-state index in [-0.39, 0.29) is 11.5 Å². The largest absolute Gasteiger partial charge is 0.393 e. The molecular formula is C11H20O. The second kappa shape index (κ2) is 2.06. The van der Waals surface area contributed by atoms with E-state index in [1.165, 1.54) is 6.42 Å². The minimum absolute atomic E-state index is 0.0568. The van der Waals surface area contributed by atoms with Crippen molar-refractivity contribution < 1.29 is 5.11 Å². The highest BCUT2D eigenvalue weighted by atomic mass is 16.3. The number of hydrogen-bond acceptors (Lipinski definition) is 1. The van der Waals surface area contributed by atoms with Gasteiger partial charge in [-0.25, -0.2) is 0 Å². The third-order valence-electron chi connectivity index (χ3n) is 4.60. The van der Waals surface area contributed by atoms with Crippen LogP contribution in [0.25, 0.3) is 0 Å². The van der Waals surface area contributed by atoms with Crippen LogP contribution >= 0.6 is 0 Å². The minimum atomic E-state index is -0.0568. The number of fused-ring (bicyclic) bond motifs is 1. The van der Waals surface area contributed by atoms with Crippen molar-refractivity contribution in [1.82, 2.24) is 0 Å². The van der Waals surface area contributed by atoms with Crippen molar-refractivity contribution in [3.63, 3.8) is 0 Å². The van der Waals surface area contributed by atoms with Crippen LogP contribution in [0.2, 0.25) is 0 Å². The van der Waals surface area contributed by atoms with E-state index in [4.69, 9.17) is 0 Å². The van der Waals surface area contributed by atoms with Gasteiger partial charge in [-0.2, -0.15) is 0 Å². The van der Waals surface area contributed by atoms with Gasteiger partial charge in [0.2, 0.25) is 0 Å². The Labute approximate surface area is 75.2 Å². The summed E-state index contributed by atoms with van der Waals surface area (Å²) in [6.07, 6.45) is 2.34. The molecule has 2 aliphatic rings. The van der Waals surface area contributed by atoms with Gasteiger partial charge in [0.25, 0.3) is 0 Å². The van der Waals surface area contributed by atoms with Crippen molar-refractivity contribution in [3.05, 3.63) is 0 Å². The Morgan fingerprint density at radius 3 is 2.08 bits per heavy atom.